The average Bonchev–Trinajstić information content (AvgIpc) is 2.70. The Labute approximate surface area is 108 Å². The summed E-state index contributed by atoms with van der Waals surface area (Å²) in [6, 6.07) is 0. The van der Waals surface area contributed by atoms with E-state index in [0.29, 0.717) is 25.1 Å². The van der Waals surface area contributed by atoms with Crippen molar-refractivity contribution in [1.29, 1.82) is 0 Å². The topological polar surface area (TPSA) is 76.0 Å². The SMILES string of the molecule is CCc1nn(C)cc1NS(=O)(=O)C1CCCNC1. The maximum atomic E-state index is 12.2. The van der Waals surface area contributed by atoms with Crippen molar-refractivity contribution in [3.63, 3.8) is 0 Å². The standard InChI is InChI=1S/C11H20N4O2S/c1-3-10-11(8-15(2)13-10)14-18(16,17)9-5-4-6-12-7-9/h8-9,12,14H,3-7H2,1-2H3. The van der Waals surface area contributed by atoms with Gasteiger partial charge < -0.3 is 5.32 Å². The summed E-state index contributed by atoms with van der Waals surface area (Å²) in [6.07, 6.45) is 4.04. The number of hydrogen-bond donors (Lipinski definition) is 2. The maximum absolute atomic E-state index is 12.2. The third-order valence-corrected chi connectivity index (χ3v) is 4.97. The Hall–Kier alpha value is -1.08. The molecule has 0 aliphatic carbocycles. The summed E-state index contributed by atoms with van der Waals surface area (Å²) in [6.45, 7) is 3.39. The molecule has 1 aliphatic rings. The van der Waals surface area contributed by atoms with Crippen LogP contribution in [-0.4, -0.2) is 36.5 Å². The molecule has 0 saturated carbocycles. The zero-order valence-electron chi connectivity index (χ0n) is 10.8. The summed E-state index contributed by atoms with van der Waals surface area (Å²) in [5.41, 5.74) is 1.38. The molecule has 102 valence electrons. The van der Waals surface area contributed by atoms with Crippen LogP contribution in [0.5, 0.6) is 0 Å². The second-order valence-corrected chi connectivity index (χ2v) is 6.59. The van der Waals surface area contributed by atoms with Gasteiger partial charge in [0.2, 0.25) is 10.0 Å². The molecule has 6 nitrogen and oxygen atoms in total. The van der Waals surface area contributed by atoms with Crippen LogP contribution in [0.3, 0.4) is 0 Å². The van der Waals surface area contributed by atoms with Gasteiger partial charge in [-0.25, -0.2) is 8.42 Å². The zero-order chi connectivity index (χ0) is 13.2. The van der Waals surface area contributed by atoms with Gasteiger partial charge in [-0.3, -0.25) is 9.40 Å². The fraction of sp³-hybridized carbons (Fsp3) is 0.727. The molecule has 0 bridgehead atoms. The van der Waals surface area contributed by atoms with Gasteiger partial charge in [-0.2, -0.15) is 5.10 Å². The molecule has 1 aliphatic heterocycles. The Morgan fingerprint density at radius 1 is 1.61 bits per heavy atom. The lowest BCUT2D eigenvalue weighted by molar-refractivity contribution is 0.499. The summed E-state index contributed by atoms with van der Waals surface area (Å²) in [4.78, 5) is 0. The molecule has 0 spiro atoms. The van der Waals surface area contributed by atoms with Crippen LogP contribution in [-0.2, 0) is 23.5 Å². The highest BCUT2D eigenvalue weighted by molar-refractivity contribution is 7.93. The fourth-order valence-corrected chi connectivity index (χ4v) is 3.66. The number of sulfonamides is 1. The molecule has 0 aromatic carbocycles. The van der Waals surface area contributed by atoms with Crippen LogP contribution in [0.25, 0.3) is 0 Å². The lowest BCUT2D eigenvalue weighted by atomic mass is 10.2. The molecular weight excluding hydrogens is 252 g/mol. The smallest absolute Gasteiger partial charge is 0.236 e. The minimum atomic E-state index is -3.32. The summed E-state index contributed by atoms with van der Waals surface area (Å²) in [7, 11) is -1.53. The van der Waals surface area contributed by atoms with E-state index in [0.717, 1.165) is 18.7 Å². The van der Waals surface area contributed by atoms with Crippen molar-refractivity contribution in [3.05, 3.63) is 11.9 Å². The first kappa shape index (κ1) is 13.4. The molecule has 2 N–H and O–H groups in total. The number of hydrogen-bond acceptors (Lipinski definition) is 4. The van der Waals surface area contributed by atoms with Crippen LogP contribution >= 0.6 is 0 Å². The number of rotatable bonds is 4. The molecule has 0 amide bonds. The Morgan fingerprint density at radius 3 is 3.00 bits per heavy atom. The van der Waals surface area contributed by atoms with Gasteiger partial charge in [0.25, 0.3) is 0 Å². The van der Waals surface area contributed by atoms with Crippen LogP contribution in [0.1, 0.15) is 25.5 Å². The molecule has 7 heteroatoms. The first-order valence-electron chi connectivity index (χ1n) is 6.28. The van der Waals surface area contributed by atoms with Gasteiger partial charge in [-0.05, 0) is 25.8 Å². The highest BCUT2D eigenvalue weighted by atomic mass is 32.2. The van der Waals surface area contributed by atoms with Gasteiger partial charge >= 0.3 is 0 Å². The lowest BCUT2D eigenvalue weighted by Crippen LogP contribution is -2.41. The first-order chi connectivity index (χ1) is 8.53. The van der Waals surface area contributed by atoms with E-state index < -0.39 is 10.0 Å². The average molecular weight is 272 g/mol. The third-order valence-electron chi connectivity index (χ3n) is 3.18. The molecule has 1 atom stereocenters. The van der Waals surface area contributed by atoms with E-state index in [1.54, 1.807) is 17.9 Å². The Bertz CT molecular complexity index is 503. The number of anilines is 1. The molecule has 1 fully saturated rings. The number of piperidine rings is 1. The first-order valence-corrected chi connectivity index (χ1v) is 7.82. The van der Waals surface area contributed by atoms with Crippen molar-refractivity contribution in [3.8, 4) is 0 Å². The van der Waals surface area contributed by atoms with E-state index in [9.17, 15) is 8.42 Å². The van der Waals surface area contributed by atoms with Crippen molar-refractivity contribution >= 4 is 15.7 Å². The molecule has 0 radical (unpaired) electrons. The molecule has 18 heavy (non-hydrogen) atoms. The molecular formula is C11H20N4O2S. The van der Waals surface area contributed by atoms with E-state index in [1.165, 1.54) is 0 Å². The van der Waals surface area contributed by atoms with Crippen LogP contribution in [0.4, 0.5) is 5.69 Å². The fourth-order valence-electron chi connectivity index (χ4n) is 2.20. The normalized spacial score (nSPS) is 20.9. The number of nitrogens with zero attached hydrogens (tertiary/aromatic N) is 2. The van der Waals surface area contributed by atoms with Gasteiger partial charge in [0, 0.05) is 19.8 Å². The second kappa shape index (κ2) is 5.27. The summed E-state index contributed by atoms with van der Waals surface area (Å²) >= 11 is 0. The number of aromatic nitrogens is 2. The highest BCUT2D eigenvalue weighted by Gasteiger charge is 2.28. The third kappa shape index (κ3) is 2.84. The van der Waals surface area contributed by atoms with Crippen molar-refractivity contribution in [2.24, 2.45) is 7.05 Å². The lowest BCUT2D eigenvalue weighted by Gasteiger charge is -2.23. The Morgan fingerprint density at radius 2 is 2.39 bits per heavy atom. The summed E-state index contributed by atoms with van der Waals surface area (Å²) in [5.74, 6) is 0. The van der Waals surface area contributed by atoms with E-state index in [2.05, 4.69) is 15.1 Å². The van der Waals surface area contributed by atoms with E-state index in [4.69, 9.17) is 0 Å². The van der Waals surface area contributed by atoms with Crippen LogP contribution in [0.15, 0.2) is 6.20 Å². The molecule has 1 saturated heterocycles. The highest BCUT2D eigenvalue weighted by Crippen LogP contribution is 2.19. The minimum Gasteiger partial charge on any atom is -0.315 e. The van der Waals surface area contributed by atoms with Gasteiger partial charge in [0.1, 0.15) is 0 Å². The predicted molar refractivity (Wildman–Crippen MR) is 71.0 cm³/mol. The van der Waals surface area contributed by atoms with E-state index in [-0.39, 0.29) is 5.25 Å². The number of nitrogens with one attached hydrogen (secondary N) is 2. The second-order valence-electron chi connectivity index (χ2n) is 4.63. The Kier molecular flexibility index (Phi) is 3.91. The van der Waals surface area contributed by atoms with E-state index >= 15 is 0 Å². The monoisotopic (exact) mass is 272 g/mol. The zero-order valence-corrected chi connectivity index (χ0v) is 11.6. The molecule has 1 aromatic heterocycles. The predicted octanol–water partition coefficient (Wildman–Crippen LogP) is 0.476. The van der Waals surface area contributed by atoms with Crippen molar-refractivity contribution < 1.29 is 8.42 Å². The van der Waals surface area contributed by atoms with Crippen molar-refractivity contribution in [2.45, 2.75) is 31.4 Å². The van der Waals surface area contributed by atoms with Crippen molar-refractivity contribution in [2.75, 3.05) is 17.8 Å². The largest absolute Gasteiger partial charge is 0.315 e. The van der Waals surface area contributed by atoms with Gasteiger partial charge in [-0.15, -0.1) is 0 Å². The molecule has 2 heterocycles. The van der Waals surface area contributed by atoms with Gasteiger partial charge in [0.15, 0.2) is 0 Å². The summed E-state index contributed by atoms with van der Waals surface area (Å²) < 4.78 is 28.8. The van der Waals surface area contributed by atoms with Gasteiger partial charge in [-0.1, -0.05) is 6.92 Å². The van der Waals surface area contributed by atoms with E-state index in [1.807, 2.05) is 6.92 Å². The number of aryl methyl sites for hydroxylation is 2. The maximum Gasteiger partial charge on any atom is 0.236 e. The minimum absolute atomic E-state index is 0.351. The van der Waals surface area contributed by atoms with Crippen LogP contribution < -0.4 is 10.0 Å². The molecule has 1 unspecified atom stereocenters. The van der Waals surface area contributed by atoms with Crippen LogP contribution in [0, 0.1) is 0 Å². The van der Waals surface area contributed by atoms with Gasteiger partial charge in [0.05, 0.1) is 16.6 Å². The summed E-state index contributed by atoms with van der Waals surface area (Å²) in [5, 5.41) is 7.00. The quantitative estimate of drug-likeness (QED) is 0.835. The van der Waals surface area contributed by atoms with Crippen molar-refractivity contribution in [1.82, 2.24) is 15.1 Å². The molecule has 2 rings (SSSR count). The Balaban J connectivity index is 2.16. The molecule has 1 aromatic rings. The van der Waals surface area contributed by atoms with Crippen LogP contribution in [0.2, 0.25) is 0 Å².